The van der Waals surface area contributed by atoms with Crippen molar-refractivity contribution in [2.45, 2.75) is 13.0 Å². The van der Waals surface area contributed by atoms with Crippen LogP contribution in [0.3, 0.4) is 0 Å². The van der Waals surface area contributed by atoms with Gasteiger partial charge in [0.2, 0.25) is 0 Å². The molecule has 17 heavy (non-hydrogen) atoms. The van der Waals surface area contributed by atoms with Crippen LogP contribution < -0.4 is 0 Å². The molecule has 0 bridgehead atoms. The summed E-state index contributed by atoms with van der Waals surface area (Å²) in [5.74, 6) is 0. The molecule has 5 heteroatoms. The summed E-state index contributed by atoms with van der Waals surface area (Å²) in [6.45, 7) is 1.96. The molecule has 2 rings (SSSR count). The lowest BCUT2D eigenvalue weighted by molar-refractivity contribution is 0.209. The number of aliphatic hydroxyl groups excluding tert-OH is 1. The van der Waals surface area contributed by atoms with Crippen molar-refractivity contribution in [1.82, 2.24) is 9.78 Å². The van der Waals surface area contributed by atoms with Crippen LogP contribution in [0.1, 0.15) is 22.9 Å². The summed E-state index contributed by atoms with van der Waals surface area (Å²) in [7, 11) is 1.78. The highest BCUT2D eigenvalue weighted by Gasteiger charge is 2.20. The number of hydrogen-bond acceptors (Lipinski definition) is 2. The Balaban J connectivity index is 2.47. The maximum absolute atomic E-state index is 10.3. The third-order valence-electron chi connectivity index (χ3n) is 2.65. The van der Waals surface area contributed by atoms with E-state index >= 15 is 0 Å². The Morgan fingerprint density at radius 3 is 2.71 bits per heavy atom. The Kier molecular flexibility index (Phi) is 3.56. The molecule has 1 N–H and O–H groups in total. The van der Waals surface area contributed by atoms with E-state index in [1.807, 2.05) is 25.1 Å². The van der Waals surface area contributed by atoms with Gasteiger partial charge in [-0.15, -0.1) is 0 Å². The largest absolute Gasteiger partial charge is 0.382 e. The number of nitrogens with zero attached hydrogens (tertiary/aromatic N) is 2. The molecule has 0 amide bonds. The molecule has 0 radical (unpaired) electrons. The quantitative estimate of drug-likeness (QED) is 0.924. The molecule has 1 atom stereocenters. The fourth-order valence-corrected chi connectivity index (χ4v) is 2.63. The van der Waals surface area contributed by atoms with E-state index in [2.05, 4.69) is 21.0 Å². The molecule has 3 nitrogen and oxygen atoms in total. The van der Waals surface area contributed by atoms with Gasteiger partial charge in [0, 0.05) is 17.6 Å². The first-order valence-electron chi connectivity index (χ1n) is 5.12. The Bertz CT molecular complexity index is 534. The molecule has 90 valence electrons. The van der Waals surface area contributed by atoms with Crippen LogP contribution in [0.15, 0.2) is 28.9 Å². The predicted octanol–water partition coefficient (Wildman–Crippen LogP) is 3.23. The summed E-state index contributed by atoms with van der Waals surface area (Å²) < 4.78 is 2.40. The zero-order chi connectivity index (χ0) is 12.6. The fraction of sp³-hybridized carbons (Fsp3) is 0.250. The van der Waals surface area contributed by atoms with Gasteiger partial charge in [0.25, 0.3) is 0 Å². The second-order valence-electron chi connectivity index (χ2n) is 3.93. The first kappa shape index (κ1) is 12.6. The van der Waals surface area contributed by atoms with Gasteiger partial charge in [-0.05, 0) is 34.5 Å². The number of benzene rings is 1. The highest BCUT2D eigenvalue weighted by atomic mass is 79.9. The van der Waals surface area contributed by atoms with Crippen molar-refractivity contribution < 1.29 is 5.11 Å². The van der Waals surface area contributed by atoms with Crippen LogP contribution in [0.5, 0.6) is 0 Å². The third-order valence-corrected chi connectivity index (χ3v) is 3.59. The molecule has 0 aliphatic rings. The first-order valence-corrected chi connectivity index (χ1v) is 6.29. The average molecular weight is 316 g/mol. The summed E-state index contributed by atoms with van der Waals surface area (Å²) in [5.41, 5.74) is 2.44. The maximum atomic E-state index is 10.3. The smallest absolute Gasteiger partial charge is 0.123 e. The molecule has 0 aliphatic heterocycles. The monoisotopic (exact) mass is 314 g/mol. The molecule has 0 saturated heterocycles. The molecule has 0 aliphatic carbocycles. The van der Waals surface area contributed by atoms with Crippen LogP contribution in [0.4, 0.5) is 0 Å². The Morgan fingerprint density at radius 1 is 1.47 bits per heavy atom. The van der Waals surface area contributed by atoms with Crippen molar-refractivity contribution in [3.05, 3.63) is 50.7 Å². The van der Waals surface area contributed by atoms with Gasteiger partial charge in [-0.3, -0.25) is 4.68 Å². The van der Waals surface area contributed by atoms with Crippen molar-refractivity contribution in [1.29, 1.82) is 0 Å². The van der Waals surface area contributed by atoms with E-state index in [0.29, 0.717) is 16.3 Å². The molecule has 1 heterocycles. The highest BCUT2D eigenvalue weighted by Crippen LogP contribution is 2.32. The van der Waals surface area contributed by atoms with Crippen LogP contribution in [0, 0.1) is 6.92 Å². The average Bonchev–Trinajstić information content (AvgIpc) is 2.58. The molecule has 1 unspecified atom stereocenters. The van der Waals surface area contributed by atoms with Crippen LogP contribution in [-0.4, -0.2) is 14.9 Å². The van der Waals surface area contributed by atoms with Gasteiger partial charge < -0.3 is 5.11 Å². The summed E-state index contributed by atoms with van der Waals surface area (Å²) in [6.07, 6.45) is 0.866. The highest BCUT2D eigenvalue weighted by molar-refractivity contribution is 9.10. The topological polar surface area (TPSA) is 38.1 Å². The van der Waals surface area contributed by atoms with Gasteiger partial charge in [-0.2, -0.15) is 5.10 Å². The molecular formula is C12H12BrClN2O. The summed E-state index contributed by atoms with van der Waals surface area (Å²) in [5, 5.41) is 15.0. The van der Waals surface area contributed by atoms with E-state index in [9.17, 15) is 5.11 Å². The number of halogens is 2. The molecule has 0 spiro atoms. The van der Waals surface area contributed by atoms with Gasteiger partial charge in [-0.1, -0.05) is 23.7 Å². The molecule has 1 aromatic carbocycles. The lowest BCUT2D eigenvalue weighted by atomic mass is 10.0. The number of aliphatic hydroxyl groups is 1. The normalized spacial score (nSPS) is 12.8. The van der Waals surface area contributed by atoms with Crippen molar-refractivity contribution in [2.24, 2.45) is 7.05 Å². The van der Waals surface area contributed by atoms with Gasteiger partial charge >= 0.3 is 0 Å². The van der Waals surface area contributed by atoms with Crippen LogP contribution >= 0.6 is 27.5 Å². The van der Waals surface area contributed by atoms with E-state index in [1.165, 1.54) is 0 Å². The lowest BCUT2D eigenvalue weighted by Crippen LogP contribution is -2.08. The zero-order valence-corrected chi connectivity index (χ0v) is 11.8. The van der Waals surface area contributed by atoms with Crippen molar-refractivity contribution in [3.63, 3.8) is 0 Å². The van der Waals surface area contributed by atoms with E-state index < -0.39 is 6.10 Å². The van der Waals surface area contributed by atoms with E-state index in [1.54, 1.807) is 17.9 Å². The van der Waals surface area contributed by atoms with E-state index in [0.717, 1.165) is 10.0 Å². The molecule has 0 fully saturated rings. The first-order chi connectivity index (χ1) is 8.00. The van der Waals surface area contributed by atoms with E-state index in [4.69, 9.17) is 11.6 Å². The number of aromatic nitrogens is 2. The van der Waals surface area contributed by atoms with Gasteiger partial charge in [0.05, 0.1) is 16.4 Å². The summed E-state index contributed by atoms with van der Waals surface area (Å²) in [4.78, 5) is 0. The number of hydrogen-bond donors (Lipinski definition) is 1. The Hall–Kier alpha value is -0.840. The SMILES string of the molecule is Cc1ccc(C(O)c2c(Br)cnn2C)c(Cl)c1. The second kappa shape index (κ2) is 4.80. The van der Waals surface area contributed by atoms with Crippen LogP contribution in [-0.2, 0) is 7.05 Å². The van der Waals surface area contributed by atoms with Gasteiger partial charge in [0.15, 0.2) is 0 Å². The van der Waals surface area contributed by atoms with Crippen LogP contribution in [0.2, 0.25) is 5.02 Å². The lowest BCUT2D eigenvalue weighted by Gasteiger charge is -2.14. The third kappa shape index (κ3) is 2.39. The number of aryl methyl sites for hydroxylation is 2. The van der Waals surface area contributed by atoms with Crippen molar-refractivity contribution >= 4 is 27.5 Å². The Labute approximate surface area is 113 Å². The zero-order valence-electron chi connectivity index (χ0n) is 9.48. The van der Waals surface area contributed by atoms with Gasteiger partial charge in [-0.25, -0.2) is 0 Å². The minimum absolute atomic E-state index is 0.561. The van der Waals surface area contributed by atoms with E-state index in [-0.39, 0.29) is 0 Å². The molecule has 0 saturated carbocycles. The second-order valence-corrected chi connectivity index (χ2v) is 5.19. The fourth-order valence-electron chi connectivity index (χ4n) is 1.73. The summed E-state index contributed by atoms with van der Waals surface area (Å²) in [6, 6.07) is 5.60. The standard InChI is InChI=1S/C12H12BrClN2O/c1-7-3-4-8(10(14)5-7)12(17)11-9(13)6-15-16(11)2/h3-6,12,17H,1-2H3. The van der Waals surface area contributed by atoms with Crippen molar-refractivity contribution in [2.75, 3.05) is 0 Å². The minimum Gasteiger partial charge on any atom is -0.382 e. The number of rotatable bonds is 2. The van der Waals surface area contributed by atoms with Crippen molar-refractivity contribution in [3.8, 4) is 0 Å². The van der Waals surface area contributed by atoms with Crippen LogP contribution in [0.25, 0.3) is 0 Å². The Morgan fingerprint density at radius 2 is 2.18 bits per heavy atom. The maximum Gasteiger partial charge on any atom is 0.123 e. The predicted molar refractivity (Wildman–Crippen MR) is 71.2 cm³/mol. The molecule has 2 aromatic rings. The molecular weight excluding hydrogens is 304 g/mol. The van der Waals surface area contributed by atoms with Gasteiger partial charge in [0.1, 0.15) is 6.10 Å². The molecule has 1 aromatic heterocycles. The summed E-state index contributed by atoms with van der Waals surface area (Å²) >= 11 is 9.51. The minimum atomic E-state index is -0.787.